The number of pyridine rings is 1. The molecule has 0 amide bonds. The maximum atomic E-state index is 9.36. The second-order valence-electron chi connectivity index (χ2n) is 7.31. The van der Waals surface area contributed by atoms with E-state index in [0.717, 1.165) is 49.9 Å². The topological polar surface area (TPSA) is 57.4 Å². The first-order valence-corrected chi connectivity index (χ1v) is 9.21. The van der Waals surface area contributed by atoms with E-state index in [-0.39, 0.29) is 6.61 Å². The molecule has 4 heterocycles. The van der Waals surface area contributed by atoms with E-state index >= 15 is 0 Å². The zero-order valence-corrected chi connectivity index (χ0v) is 15.1. The lowest BCUT2D eigenvalue weighted by molar-refractivity contribution is 0.253. The molecule has 2 aromatic heterocycles. The van der Waals surface area contributed by atoms with Gasteiger partial charge in [0, 0.05) is 30.9 Å². The highest BCUT2D eigenvalue weighted by molar-refractivity contribution is 5.48. The van der Waals surface area contributed by atoms with Crippen molar-refractivity contribution in [3.05, 3.63) is 41.2 Å². The van der Waals surface area contributed by atoms with Crippen molar-refractivity contribution in [2.24, 2.45) is 0 Å². The van der Waals surface area contributed by atoms with Gasteiger partial charge in [0.15, 0.2) is 0 Å². The Morgan fingerprint density at radius 3 is 2.76 bits per heavy atom. The van der Waals surface area contributed by atoms with Crippen LogP contribution >= 0.6 is 0 Å². The average Bonchev–Trinajstić information content (AvgIpc) is 2.98. The summed E-state index contributed by atoms with van der Waals surface area (Å²) in [5.74, 6) is 1.73. The lowest BCUT2D eigenvalue weighted by Crippen LogP contribution is -2.35. The zero-order valence-electron chi connectivity index (χ0n) is 15.1. The first kappa shape index (κ1) is 16.5. The monoisotopic (exact) mass is 341 g/mol. The minimum atomic E-state index is -0.0143. The summed E-state index contributed by atoms with van der Waals surface area (Å²) in [6.07, 6.45) is 4.18. The SMILES string of the molecule is Cc1nc(C2CCN(C)CC2)c2n1CCN(c1ccnc(CO)c1)C2. The molecule has 1 saturated heterocycles. The largest absolute Gasteiger partial charge is 0.390 e. The highest BCUT2D eigenvalue weighted by atomic mass is 16.3. The van der Waals surface area contributed by atoms with Crippen molar-refractivity contribution < 1.29 is 5.11 Å². The van der Waals surface area contributed by atoms with E-state index in [2.05, 4.69) is 33.3 Å². The summed E-state index contributed by atoms with van der Waals surface area (Å²) in [5, 5.41) is 9.36. The van der Waals surface area contributed by atoms with Gasteiger partial charge in [-0.15, -0.1) is 0 Å². The molecule has 1 N–H and O–H groups in total. The summed E-state index contributed by atoms with van der Waals surface area (Å²) in [5.41, 5.74) is 4.55. The number of imidazole rings is 1. The van der Waals surface area contributed by atoms with E-state index in [1.54, 1.807) is 6.20 Å². The van der Waals surface area contributed by atoms with Crippen LogP contribution in [-0.2, 0) is 19.7 Å². The maximum Gasteiger partial charge on any atom is 0.106 e. The number of rotatable bonds is 3. The van der Waals surface area contributed by atoms with Crippen molar-refractivity contribution in [1.82, 2.24) is 19.4 Å². The second kappa shape index (κ2) is 6.77. The summed E-state index contributed by atoms with van der Waals surface area (Å²) in [7, 11) is 2.20. The molecular weight excluding hydrogens is 314 g/mol. The predicted octanol–water partition coefficient (Wildman–Crippen LogP) is 1.91. The van der Waals surface area contributed by atoms with E-state index in [9.17, 15) is 5.11 Å². The molecule has 2 aromatic rings. The number of hydrogen-bond donors (Lipinski definition) is 1. The lowest BCUT2D eigenvalue weighted by Gasteiger charge is -2.33. The Morgan fingerprint density at radius 2 is 2.00 bits per heavy atom. The molecule has 134 valence electrons. The third kappa shape index (κ3) is 3.16. The molecule has 4 rings (SSSR count). The third-order valence-electron chi connectivity index (χ3n) is 5.66. The van der Waals surface area contributed by atoms with Crippen molar-refractivity contribution in [3.63, 3.8) is 0 Å². The summed E-state index contributed by atoms with van der Waals surface area (Å²) < 4.78 is 2.40. The van der Waals surface area contributed by atoms with Crippen molar-refractivity contribution in [2.45, 2.75) is 45.4 Å². The normalized spacial score (nSPS) is 19.2. The zero-order chi connectivity index (χ0) is 17.4. The number of hydrogen-bond acceptors (Lipinski definition) is 5. The van der Waals surface area contributed by atoms with Gasteiger partial charge in [-0.05, 0) is 52.0 Å². The number of piperidine rings is 1. The predicted molar refractivity (Wildman–Crippen MR) is 97.6 cm³/mol. The van der Waals surface area contributed by atoms with E-state index in [1.165, 1.54) is 24.2 Å². The van der Waals surface area contributed by atoms with Crippen LogP contribution in [0.25, 0.3) is 0 Å². The Labute approximate surface area is 149 Å². The highest BCUT2D eigenvalue weighted by Crippen LogP contribution is 2.33. The van der Waals surface area contributed by atoms with Gasteiger partial charge in [0.1, 0.15) is 5.82 Å². The van der Waals surface area contributed by atoms with Gasteiger partial charge < -0.3 is 19.5 Å². The number of anilines is 1. The van der Waals surface area contributed by atoms with E-state index < -0.39 is 0 Å². The van der Waals surface area contributed by atoms with Gasteiger partial charge in [0.2, 0.25) is 0 Å². The first-order chi connectivity index (χ1) is 12.2. The van der Waals surface area contributed by atoms with Crippen LogP contribution in [0.15, 0.2) is 18.3 Å². The van der Waals surface area contributed by atoms with E-state index in [1.807, 2.05) is 12.1 Å². The van der Waals surface area contributed by atoms with Crippen molar-refractivity contribution >= 4 is 5.69 Å². The summed E-state index contributed by atoms with van der Waals surface area (Å²) in [6.45, 7) is 7.25. The molecule has 0 spiro atoms. The standard InChI is InChI=1S/C19H27N5O/c1-14-21-19(15-4-7-22(2)8-5-15)18-12-23(9-10-24(14)18)17-3-6-20-16(11-17)13-25/h3,6,11,15,25H,4-5,7-10,12-13H2,1-2H3. The number of nitrogens with zero attached hydrogens (tertiary/aromatic N) is 5. The Bertz CT molecular complexity index is 748. The second-order valence-corrected chi connectivity index (χ2v) is 7.31. The smallest absolute Gasteiger partial charge is 0.106 e. The summed E-state index contributed by atoms with van der Waals surface area (Å²) in [4.78, 5) is 14.0. The molecule has 0 aliphatic carbocycles. The van der Waals surface area contributed by atoms with Crippen LogP contribution < -0.4 is 4.90 Å². The fourth-order valence-corrected chi connectivity index (χ4v) is 4.15. The lowest BCUT2D eigenvalue weighted by atomic mass is 9.92. The highest BCUT2D eigenvalue weighted by Gasteiger charge is 2.29. The Balaban J connectivity index is 1.61. The minimum Gasteiger partial charge on any atom is -0.390 e. The molecule has 6 heteroatoms. The van der Waals surface area contributed by atoms with Gasteiger partial charge in [0.25, 0.3) is 0 Å². The molecule has 0 atom stereocenters. The van der Waals surface area contributed by atoms with Crippen LogP contribution in [0.4, 0.5) is 5.69 Å². The Morgan fingerprint density at radius 1 is 1.20 bits per heavy atom. The van der Waals surface area contributed by atoms with Gasteiger partial charge >= 0.3 is 0 Å². The van der Waals surface area contributed by atoms with Crippen molar-refractivity contribution in [2.75, 3.05) is 31.6 Å². The molecule has 1 fully saturated rings. The molecule has 25 heavy (non-hydrogen) atoms. The molecule has 6 nitrogen and oxygen atoms in total. The number of aliphatic hydroxyl groups excluding tert-OH is 1. The Hall–Kier alpha value is -1.92. The van der Waals surface area contributed by atoms with Crippen LogP contribution in [0, 0.1) is 6.92 Å². The van der Waals surface area contributed by atoms with Crippen LogP contribution in [0.5, 0.6) is 0 Å². The molecule has 0 aromatic carbocycles. The van der Waals surface area contributed by atoms with Crippen LogP contribution in [0.3, 0.4) is 0 Å². The number of aryl methyl sites for hydroxylation is 1. The Kier molecular flexibility index (Phi) is 4.48. The fourth-order valence-electron chi connectivity index (χ4n) is 4.15. The van der Waals surface area contributed by atoms with Crippen LogP contribution in [0.2, 0.25) is 0 Å². The van der Waals surface area contributed by atoms with Crippen LogP contribution in [-0.4, -0.2) is 51.2 Å². The van der Waals surface area contributed by atoms with Gasteiger partial charge in [-0.25, -0.2) is 4.98 Å². The van der Waals surface area contributed by atoms with E-state index in [4.69, 9.17) is 4.98 Å². The quantitative estimate of drug-likeness (QED) is 0.924. The summed E-state index contributed by atoms with van der Waals surface area (Å²) in [6, 6.07) is 4.03. The molecule has 0 unspecified atom stereocenters. The molecule has 2 aliphatic rings. The first-order valence-electron chi connectivity index (χ1n) is 9.21. The molecule has 0 bridgehead atoms. The molecule has 0 saturated carbocycles. The van der Waals surface area contributed by atoms with Gasteiger partial charge in [-0.3, -0.25) is 4.98 Å². The van der Waals surface area contributed by atoms with Crippen LogP contribution in [0.1, 0.15) is 41.7 Å². The number of fused-ring (bicyclic) bond motifs is 1. The third-order valence-corrected chi connectivity index (χ3v) is 5.66. The van der Waals surface area contributed by atoms with E-state index in [0.29, 0.717) is 5.92 Å². The average molecular weight is 341 g/mol. The maximum absolute atomic E-state index is 9.36. The van der Waals surface area contributed by atoms with Gasteiger partial charge in [-0.1, -0.05) is 0 Å². The molecule has 0 radical (unpaired) electrons. The minimum absolute atomic E-state index is 0.0143. The molecule has 2 aliphatic heterocycles. The fraction of sp³-hybridized carbons (Fsp3) is 0.579. The molecular formula is C19H27N5O. The number of aromatic nitrogens is 3. The van der Waals surface area contributed by atoms with Gasteiger partial charge in [0.05, 0.1) is 30.2 Å². The number of likely N-dealkylation sites (tertiary alicyclic amines) is 1. The van der Waals surface area contributed by atoms with Crippen molar-refractivity contribution in [1.29, 1.82) is 0 Å². The van der Waals surface area contributed by atoms with Gasteiger partial charge in [-0.2, -0.15) is 0 Å². The number of aliphatic hydroxyl groups is 1. The summed E-state index contributed by atoms with van der Waals surface area (Å²) >= 11 is 0. The van der Waals surface area contributed by atoms with Crippen molar-refractivity contribution in [3.8, 4) is 0 Å².